The van der Waals surface area contributed by atoms with Crippen molar-refractivity contribution in [2.45, 2.75) is 146 Å². The van der Waals surface area contributed by atoms with Crippen LogP contribution in [0.4, 0.5) is 8.78 Å². The summed E-state index contributed by atoms with van der Waals surface area (Å²) in [5.41, 5.74) is 0. The average Bonchev–Trinajstić information content (AvgIpc) is 3.22. The van der Waals surface area contributed by atoms with Gasteiger partial charge in [-0.3, -0.25) is 4.79 Å². The van der Waals surface area contributed by atoms with Gasteiger partial charge in [-0.1, -0.05) is 31.9 Å². The smallest absolute Gasteiger partial charge is 0.303 e. The van der Waals surface area contributed by atoms with E-state index in [0.29, 0.717) is 51.7 Å². The number of hydrogen-bond donors (Lipinski definition) is 2. The Morgan fingerprint density at radius 3 is 2.21 bits per heavy atom. The van der Waals surface area contributed by atoms with Gasteiger partial charge in [0.05, 0.1) is 12.2 Å². The van der Waals surface area contributed by atoms with Crippen LogP contribution in [-0.2, 0) is 23.7 Å². The van der Waals surface area contributed by atoms with Crippen molar-refractivity contribution in [2.75, 3.05) is 13.2 Å². The molecule has 1 saturated carbocycles. The summed E-state index contributed by atoms with van der Waals surface area (Å²) in [5.74, 6) is -3.69. The average molecular weight is 561 g/mol. The number of aliphatic hydroxyl groups excluding tert-OH is 1. The lowest BCUT2D eigenvalue weighted by atomic mass is 9.85. The Kier molecular flexibility index (Phi) is 14.1. The molecule has 7 nitrogen and oxygen atoms in total. The SMILES string of the molecule is CCCC(F)(F)[C@H](O)CCC[C@@H]1[C@@H](C/C=C\CCCC(=O)O)[C@@H](OC2CCCCO2)C[C@H]1O[C@H]1CCCCO1. The largest absolute Gasteiger partial charge is 0.481 e. The number of halogens is 2. The summed E-state index contributed by atoms with van der Waals surface area (Å²) in [6.07, 6.45) is 11.7. The van der Waals surface area contributed by atoms with Crippen LogP contribution in [0.25, 0.3) is 0 Å². The Bertz CT molecular complexity index is 722. The summed E-state index contributed by atoms with van der Waals surface area (Å²) in [6, 6.07) is 0. The maximum absolute atomic E-state index is 14.3. The van der Waals surface area contributed by atoms with Crippen molar-refractivity contribution in [1.82, 2.24) is 0 Å². The highest BCUT2D eigenvalue weighted by atomic mass is 19.3. The zero-order valence-corrected chi connectivity index (χ0v) is 23.6. The number of rotatable bonds is 17. The van der Waals surface area contributed by atoms with E-state index in [1.165, 1.54) is 0 Å². The van der Waals surface area contributed by atoms with Crippen LogP contribution in [0, 0.1) is 11.8 Å². The summed E-state index contributed by atoms with van der Waals surface area (Å²) in [6.45, 7) is 3.07. The minimum atomic E-state index is -3.07. The molecule has 0 radical (unpaired) electrons. The van der Waals surface area contributed by atoms with Gasteiger partial charge in [0.2, 0.25) is 0 Å². The lowest BCUT2D eigenvalue weighted by Crippen LogP contribution is -2.34. The molecule has 2 heterocycles. The number of ether oxygens (including phenoxy) is 4. The van der Waals surface area contributed by atoms with Crippen molar-refractivity contribution >= 4 is 5.97 Å². The number of alkyl halides is 2. The Hall–Kier alpha value is -1.13. The fourth-order valence-electron chi connectivity index (χ4n) is 6.20. The van der Waals surface area contributed by atoms with Crippen LogP contribution >= 0.6 is 0 Å². The molecular weight excluding hydrogens is 510 g/mol. The number of hydrogen-bond acceptors (Lipinski definition) is 6. The van der Waals surface area contributed by atoms with Gasteiger partial charge in [-0.2, -0.15) is 0 Å². The Morgan fingerprint density at radius 2 is 1.64 bits per heavy atom. The van der Waals surface area contributed by atoms with Crippen LogP contribution in [0.2, 0.25) is 0 Å². The number of allylic oxidation sites excluding steroid dienone is 2. The summed E-state index contributed by atoms with van der Waals surface area (Å²) < 4.78 is 53.3. The fourth-order valence-corrected chi connectivity index (χ4v) is 6.20. The van der Waals surface area contributed by atoms with Crippen molar-refractivity contribution in [3.05, 3.63) is 12.2 Å². The van der Waals surface area contributed by atoms with Crippen LogP contribution in [0.1, 0.15) is 110 Å². The van der Waals surface area contributed by atoms with Crippen molar-refractivity contribution < 1.29 is 42.7 Å². The Balaban J connectivity index is 1.69. The van der Waals surface area contributed by atoms with E-state index in [0.717, 1.165) is 44.9 Å². The van der Waals surface area contributed by atoms with Gasteiger partial charge >= 0.3 is 5.97 Å². The molecular formula is C30H50F2O7. The first-order chi connectivity index (χ1) is 18.8. The molecule has 1 aliphatic carbocycles. The van der Waals surface area contributed by atoms with Crippen molar-refractivity contribution in [1.29, 1.82) is 0 Å². The van der Waals surface area contributed by atoms with E-state index in [1.54, 1.807) is 6.92 Å². The molecule has 9 heteroatoms. The predicted octanol–water partition coefficient (Wildman–Crippen LogP) is 6.61. The molecule has 0 aromatic carbocycles. The fraction of sp³-hybridized carbons (Fsp3) is 0.900. The van der Waals surface area contributed by atoms with Crippen molar-refractivity contribution in [2.24, 2.45) is 11.8 Å². The van der Waals surface area contributed by atoms with E-state index in [-0.39, 0.29) is 55.9 Å². The minimum Gasteiger partial charge on any atom is -0.481 e. The lowest BCUT2D eigenvalue weighted by molar-refractivity contribution is -0.204. The highest BCUT2D eigenvalue weighted by Crippen LogP contribution is 2.44. The number of unbranched alkanes of at least 4 members (excludes halogenated alkanes) is 1. The van der Waals surface area contributed by atoms with Gasteiger partial charge in [-0.15, -0.1) is 0 Å². The van der Waals surface area contributed by atoms with Crippen LogP contribution in [0.5, 0.6) is 0 Å². The normalized spacial score (nSPS) is 31.1. The zero-order valence-electron chi connectivity index (χ0n) is 23.6. The molecule has 0 spiro atoms. The number of carboxylic acids is 1. The number of aliphatic hydroxyl groups is 1. The highest BCUT2D eigenvalue weighted by Gasteiger charge is 2.46. The van der Waals surface area contributed by atoms with Crippen LogP contribution < -0.4 is 0 Å². The second-order valence-electron chi connectivity index (χ2n) is 11.5. The van der Waals surface area contributed by atoms with Gasteiger partial charge in [0, 0.05) is 32.5 Å². The molecule has 226 valence electrons. The second-order valence-corrected chi connectivity index (χ2v) is 11.5. The minimum absolute atomic E-state index is 0.0468. The van der Waals surface area contributed by atoms with Gasteiger partial charge in [0.1, 0.15) is 6.10 Å². The molecule has 0 aromatic heterocycles. The molecule has 2 N–H and O–H groups in total. The monoisotopic (exact) mass is 560 g/mol. The van der Waals surface area contributed by atoms with E-state index in [2.05, 4.69) is 6.08 Å². The third-order valence-electron chi connectivity index (χ3n) is 8.32. The van der Waals surface area contributed by atoms with E-state index >= 15 is 0 Å². The first-order valence-electron chi connectivity index (χ1n) is 15.3. The van der Waals surface area contributed by atoms with E-state index in [1.807, 2.05) is 6.08 Å². The Morgan fingerprint density at radius 1 is 1.00 bits per heavy atom. The molecule has 39 heavy (non-hydrogen) atoms. The topological polar surface area (TPSA) is 94.5 Å². The van der Waals surface area contributed by atoms with E-state index in [9.17, 15) is 18.7 Å². The molecule has 1 unspecified atom stereocenters. The van der Waals surface area contributed by atoms with E-state index < -0.39 is 18.0 Å². The van der Waals surface area contributed by atoms with Crippen LogP contribution in [0.3, 0.4) is 0 Å². The highest BCUT2D eigenvalue weighted by molar-refractivity contribution is 5.66. The standard InChI is InChI=1S/C30H50F2O7/c1-2-18-30(31,32)26(33)14-11-13-23-22(12-5-3-4-6-15-27(34)35)24(38-28-16-7-9-19-36-28)21-25(23)39-29-17-8-10-20-37-29/h3,5,22-26,28-29,33H,2,4,6-21H2,1H3,(H,34,35)/b5-3-/t22-,23-,24+,25-,26-,28?,29+/m1/s1. The van der Waals surface area contributed by atoms with Gasteiger partial charge < -0.3 is 29.2 Å². The molecule has 2 saturated heterocycles. The van der Waals surface area contributed by atoms with Crippen molar-refractivity contribution in [3.63, 3.8) is 0 Å². The summed E-state index contributed by atoms with van der Waals surface area (Å²) in [7, 11) is 0. The maximum Gasteiger partial charge on any atom is 0.303 e. The van der Waals surface area contributed by atoms with Crippen molar-refractivity contribution in [3.8, 4) is 0 Å². The molecule has 2 aliphatic heterocycles. The Labute approximate surface area is 232 Å². The lowest BCUT2D eigenvalue weighted by Gasteiger charge is -2.31. The van der Waals surface area contributed by atoms with Gasteiger partial charge in [0.25, 0.3) is 5.92 Å². The summed E-state index contributed by atoms with van der Waals surface area (Å²) >= 11 is 0. The molecule has 0 bridgehead atoms. The van der Waals surface area contributed by atoms with Crippen LogP contribution in [-0.4, -0.2) is 66.2 Å². The molecule has 0 amide bonds. The number of aliphatic carboxylic acids is 1. The quantitative estimate of drug-likeness (QED) is 0.153. The number of carbonyl (C=O) groups is 1. The molecule has 3 rings (SSSR count). The van der Waals surface area contributed by atoms with Gasteiger partial charge in [-0.05, 0) is 82.5 Å². The summed E-state index contributed by atoms with van der Waals surface area (Å²) in [4.78, 5) is 10.8. The third kappa shape index (κ3) is 11.0. The van der Waals surface area contributed by atoms with Gasteiger partial charge in [0.15, 0.2) is 12.6 Å². The maximum atomic E-state index is 14.3. The first kappa shape index (κ1) is 32.4. The second kappa shape index (κ2) is 17.0. The predicted molar refractivity (Wildman–Crippen MR) is 143 cm³/mol. The molecule has 7 atom stereocenters. The molecule has 3 aliphatic rings. The first-order valence-corrected chi connectivity index (χ1v) is 15.3. The van der Waals surface area contributed by atoms with E-state index in [4.69, 9.17) is 24.1 Å². The third-order valence-corrected chi connectivity index (χ3v) is 8.32. The summed E-state index contributed by atoms with van der Waals surface area (Å²) in [5, 5.41) is 19.1. The van der Waals surface area contributed by atoms with Gasteiger partial charge in [-0.25, -0.2) is 8.78 Å². The zero-order chi connectivity index (χ0) is 28.1. The number of carboxylic acid groups (broad SMARTS) is 1. The molecule has 3 fully saturated rings. The van der Waals surface area contributed by atoms with Crippen LogP contribution in [0.15, 0.2) is 12.2 Å². The molecule has 0 aromatic rings.